The molecule has 11 nitrogen and oxygen atoms in total. The molecule has 1 heterocycles. The Morgan fingerprint density at radius 1 is 1.06 bits per heavy atom. The van der Waals surface area contributed by atoms with Crippen molar-refractivity contribution in [1.82, 2.24) is 20.6 Å². The van der Waals surface area contributed by atoms with E-state index in [9.17, 15) is 14.4 Å². The van der Waals surface area contributed by atoms with Gasteiger partial charge in [-0.1, -0.05) is 38.5 Å². The zero-order valence-corrected chi connectivity index (χ0v) is 30.6. The minimum atomic E-state index is -0.714. The third kappa shape index (κ3) is 7.70. The first-order valence-electron chi connectivity index (χ1n) is 16.9. The van der Waals surface area contributed by atoms with Gasteiger partial charge in [0.1, 0.15) is 11.9 Å². The monoisotopic (exact) mass is 701 g/mol. The average Bonchev–Trinajstić information content (AvgIpc) is 3.42. The van der Waals surface area contributed by atoms with Gasteiger partial charge in [-0.2, -0.15) is 11.8 Å². The average molecular weight is 702 g/mol. The maximum atomic E-state index is 14.1. The Kier molecular flexibility index (Phi) is 11.9. The number of benzene rings is 2. The summed E-state index contributed by atoms with van der Waals surface area (Å²) >= 11 is 1.70. The summed E-state index contributed by atoms with van der Waals surface area (Å²) in [5.74, 6) is 2.40. The lowest BCUT2D eigenvalue weighted by molar-refractivity contribution is -0.123. The van der Waals surface area contributed by atoms with E-state index >= 15 is 0 Å². The molecule has 1 aromatic heterocycles. The number of methoxy groups -OCH3 is 3. The van der Waals surface area contributed by atoms with E-state index in [4.69, 9.17) is 19.2 Å². The van der Waals surface area contributed by atoms with Crippen molar-refractivity contribution >= 4 is 40.3 Å². The summed E-state index contributed by atoms with van der Waals surface area (Å²) in [6, 6.07) is 13.3. The Hall–Kier alpha value is -4.71. The van der Waals surface area contributed by atoms with E-state index in [0.29, 0.717) is 59.9 Å². The number of aromatic amines is 1. The van der Waals surface area contributed by atoms with Crippen molar-refractivity contribution in [1.29, 1.82) is 0 Å². The molecule has 0 saturated heterocycles. The van der Waals surface area contributed by atoms with Crippen LogP contribution in [0.5, 0.6) is 17.2 Å². The number of carbonyl (C=O) groups is 2. The number of carbonyl (C=O) groups excluding carboxylic acids is 2. The van der Waals surface area contributed by atoms with Gasteiger partial charge in [0.15, 0.2) is 11.5 Å². The topological polar surface area (TPSA) is 144 Å². The largest absolute Gasteiger partial charge is 0.493 e. The number of nitrogens with zero attached hydrogens (tertiary/aromatic N) is 1. The van der Waals surface area contributed by atoms with E-state index < -0.39 is 12.1 Å². The first kappa shape index (κ1) is 36.6. The molecule has 2 amide bonds. The SMILES string of the molecule is CCC(C)C(Nc1ccc2c(cc1=O)C(NC(C)=O)CCc1cc(OC)c(OC)c(OC)c1-2)C(=O)NC(CCSC)c1nc2ccccc2[nH]1. The molecule has 5 rings (SSSR count). The number of H-pyrrole nitrogens is 1. The lowest BCUT2D eigenvalue weighted by Gasteiger charge is -2.26. The highest BCUT2D eigenvalue weighted by Crippen LogP contribution is 2.50. The van der Waals surface area contributed by atoms with Crippen LogP contribution in [0.25, 0.3) is 22.2 Å². The number of thioether (sulfide) groups is 1. The van der Waals surface area contributed by atoms with Crippen molar-refractivity contribution in [3.63, 3.8) is 0 Å². The highest BCUT2D eigenvalue weighted by atomic mass is 32.2. The third-order valence-electron chi connectivity index (χ3n) is 9.39. The zero-order chi connectivity index (χ0) is 35.9. The van der Waals surface area contributed by atoms with E-state index in [1.807, 2.05) is 56.5 Å². The van der Waals surface area contributed by atoms with Crippen LogP contribution < -0.4 is 35.6 Å². The molecular formula is C38H47N5O6S. The van der Waals surface area contributed by atoms with Gasteiger partial charge in [-0.05, 0) is 84.2 Å². The highest BCUT2D eigenvalue weighted by Gasteiger charge is 2.31. The molecule has 1 aliphatic carbocycles. The number of ether oxygens (including phenoxy) is 3. The normalized spacial score (nSPS) is 15.5. The predicted molar refractivity (Wildman–Crippen MR) is 200 cm³/mol. The first-order valence-corrected chi connectivity index (χ1v) is 18.3. The number of aryl methyl sites for hydroxylation is 1. The van der Waals surface area contributed by atoms with E-state index in [1.165, 1.54) is 6.92 Å². The van der Waals surface area contributed by atoms with E-state index in [-0.39, 0.29) is 34.9 Å². The molecule has 0 bridgehead atoms. The second kappa shape index (κ2) is 16.3. The maximum absolute atomic E-state index is 14.1. The van der Waals surface area contributed by atoms with Gasteiger partial charge in [-0.3, -0.25) is 14.4 Å². The number of nitrogens with one attached hydrogen (secondary N) is 4. The summed E-state index contributed by atoms with van der Waals surface area (Å²) in [7, 11) is 4.68. The van der Waals surface area contributed by atoms with Crippen LogP contribution in [-0.2, 0) is 16.0 Å². The number of hydrogen-bond donors (Lipinski definition) is 4. The molecule has 0 aliphatic heterocycles. The van der Waals surface area contributed by atoms with Crippen LogP contribution in [0.15, 0.2) is 53.3 Å². The Bertz CT molecular complexity index is 1880. The van der Waals surface area contributed by atoms with Crippen molar-refractivity contribution in [2.24, 2.45) is 5.92 Å². The molecule has 4 atom stereocenters. The Labute approximate surface area is 297 Å². The second-order valence-corrected chi connectivity index (χ2v) is 13.6. The molecule has 50 heavy (non-hydrogen) atoms. The van der Waals surface area contributed by atoms with Gasteiger partial charge in [0.25, 0.3) is 0 Å². The van der Waals surface area contributed by atoms with Crippen LogP contribution in [0.4, 0.5) is 5.69 Å². The maximum Gasteiger partial charge on any atom is 0.243 e. The molecule has 4 aromatic rings. The Morgan fingerprint density at radius 2 is 1.82 bits per heavy atom. The molecular weight excluding hydrogens is 655 g/mol. The summed E-state index contributed by atoms with van der Waals surface area (Å²) in [4.78, 5) is 48.8. The smallest absolute Gasteiger partial charge is 0.243 e. The van der Waals surface area contributed by atoms with Crippen LogP contribution in [0.3, 0.4) is 0 Å². The fourth-order valence-electron chi connectivity index (χ4n) is 6.61. The lowest BCUT2D eigenvalue weighted by atomic mass is 9.95. The molecule has 0 fully saturated rings. The molecule has 0 spiro atoms. The van der Waals surface area contributed by atoms with Crippen molar-refractivity contribution in [3.8, 4) is 28.4 Å². The van der Waals surface area contributed by atoms with Crippen molar-refractivity contribution in [2.45, 2.75) is 64.6 Å². The predicted octanol–water partition coefficient (Wildman–Crippen LogP) is 6.18. The minimum Gasteiger partial charge on any atom is -0.493 e. The van der Waals surface area contributed by atoms with Gasteiger partial charge in [-0.15, -0.1) is 0 Å². The summed E-state index contributed by atoms with van der Waals surface area (Å²) in [5, 5.41) is 9.60. The summed E-state index contributed by atoms with van der Waals surface area (Å²) in [5.41, 5.74) is 4.75. The van der Waals surface area contributed by atoms with Gasteiger partial charge in [0.05, 0.1) is 50.1 Å². The number of rotatable bonds is 14. The number of fused-ring (bicyclic) bond motifs is 4. The van der Waals surface area contributed by atoms with Crippen LogP contribution in [0.1, 0.15) is 69.1 Å². The molecule has 4 N–H and O–H groups in total. The second-order valence-electron chi connectivity index (χ2n) is 12.6. The van der Waals surface area contributed by atoms with Crippen LogP contribution in [0, 0.1) is 5.92 Å². The standard InChI is InChI=1S/C38H47N5O6S/c1-8-21(2)34(38(46)43-30(17-18-50-7)37-41-27-11-9-10-12-28(27)42-37)40-29-16-14-24-25(20-31(29)45)26(39-22(3)44)15-13-23-19-32(47-4)35(48-5)36(49-6)33(23)24/h9-12,14,16,19-21,26,30,34H,8,13,15,17-18H2,1-7H3,(H,39,44)(H,40,45)(H,41,42)(H,43,46). The van der Waals surface area contributed by atoms with Crippen molar-refractivity contribution in [2.75, 3.05) is 38.7 Å². The number of hydrogen-bond acceptors (Lipinski definition) is 9. The minimum absolute atomic E-state index is 0.112. The molecule has 12 heteroatoms. The third-order valence-corrected chi connectivity index (χ3v) is 10.0. The summed E-state index contributed by atoms with van der Waals surface area (Å²) < 4.78 is 17.3. The molecule has 1 aliphatic rings. The number of para-hydroxylation sites is 2. The van der Waals surface area contributed by atoms with E-state index in [1.54, 1.807) is 45.2 Å². The molecule has 0 radical (unpaired) electrons. The van der Waals surface area contributed by atoms with Gasteiger partial charge in [0.2, 0.25) is 23.0 Å². The molecule has 266 valence electrons. The van der Waals surface area contributed by atoms with E-state index in [2.05, 4.69) is 20.9 Å². The summed E-state index contributed by atoms with van der Waals surface area (Å²) in [6.45, 7) is 5.47. The molecule has 3 aromatic carbocycles. The summed E-state index contributed by atoms with van der Waals surface area (Å²) in [6.07, 6.45) is 4.55. The van der Waals surface area contributed by atoms with Crippen LogP contribution in [-0.4, -0.2) is 61.2 Å². The number of amides is 2. The fourth-order valence-corrected chi connectivity index (χ4v) is 7.08. The Morgan fingerprint density at radius 3 is 2.48 bits per heavy atom. The van der Waals surface area contributed by atoms with Gasteiger partial charge in [0, 0.05) is 12.5 Å². The number of aromatic nitrogens is 2. The fraction of sp³-hybridized carbons (Fsp3) is 0.421. The van der Waals surface area contributed by atoms with Gasteiger partial charge >= 0.3 is 0 Å². The number of anilines is 1. The lowest BCUT2D eigenvalue weighted by Crippen LogP contribution is -2.45. The first-order chi connectivity index (χ1) is 24.1. The number of imidazole rings is 1. The van der Waals surface area contributed by atoms with Gasteiger partial charge < -0.3 is 35.1 Å². The van der Waals surface area contributed by atoms with Crippen molar-refractivity contribution < 1.29 is 23.8 Å². The Balaban J connectivity index is 1.57. The van der Waals surface area contributed by atoms with Gasteiger partial charge in [-0.25, -0.2) is 4.98 Å². The van der Waals surface area contributed by atoms with Crippen LogP contribution >= 0.6 is 11.8 Å². The highest BCUT2D eigenvalue weighted by molar-refractivity contribution is 7.98. The quantitative estimate of drug-likeness (QED) is 0.121. The van der Waals surface area contributed by atoms with E-state index in [0.717, 1.165) is 27.9 Å². The zero-order valence-electron chi connectivity index (χ0n) is 29.8. The molecule has 0 saturated carbocycles. The van der Waals surface area contributed by atoms with Crippen molar-refractivity contribution in [3.05, 3.63) is 75.7 Å². The molecule has 4 unspecified atom stereocenters. The van der Waals surface area contributed by atoms with Crippen LogP contribution in [0.2, 0.25) is 0 Å².